The van der Waals surface area contributed by atoms with E-state index in [1.165, 1.54) is 11.3 Å². The molecule has 8 heteroatoms. The Morgan fingerprint density at radius 1 is 1.50 bits per heavy atom. The minimum atomic E-state index is -4.44. The topological polar surface area (TPSA) is 90.5 Å². The zero-order valence-electron chi connectivity index (χ0n) is 11.1. The Hall–Kier alpha value is -1.22. The standard InChI is InChI=1S/C12H15NO5S2/c1-8-13(6-9(14)7-20(15,16)17)11-5-10(18-2)3-4-12(11)19-8/h3-5,9,14H,6-7H2,1-2H3. The van der Waals surface area contributed by atoms with Gasteiger partial charge in [0.05, 0.1) is 29.0 Å². The molecule has 20 heavy (non-hydrogen) atoms. The van der Waals surface area contributed by atoms with Crippen LogP contribution in [0.1, 0.15) is 5.01 Å². The average Bonchev–Trinajstić information content (AvgIpc) is 2.63. The lowest BCUT2D eigenvalue weighted by Gasteiger charge is -2.10. The Bertz CT molecular complexity index is 723. The molecular formula is C12H15NO5S2. The summed E-state index contributed by atoms with van der Waals surface area (Å²) in [6, 6.07) is 5.55. The van der Waals surface area contributed by atoms with Crippen LogP contribution in [-0.4, -0.2) is 37.0 Å². The number of hydrogen-bond acceptors (Lipinski definition) is 6. The van der Waals surface area contributed by atoms with E-state index in [9.17, 15) is 18.1 Å². The number of ether oxygens (including phenoxy) is 1. The van der Waals surface area contributed by atoms with E-state index >= 15 is 0 Å². The second kappa shape index (κ2) is 5.65. The molecule has 0 spiro atoms. The molecule has 1 aromatic carbocycles. The van der Waals surface area contributed by atoms with Gasteiger partial charge in [0.25, 0.3) is 0 Å². The van der Waals surface area contributed by atoms with Crippen LogP contribution in [0.15, 0.2) is 18.2 Å². The van der Waals surface area contributed by atoms with Gasteiger partial charge < -0.3 is 14.4 Å². The summed E-state index contributed by atoms with van der Waals surface area (Å²) in [4.78, 5) is 0. The molecule has 0 amide bonds. The Kier molecular flexibility index (Phi) is 4.28. The molecule has 6 nitrogen and oxygen atoms in total. The summed E-state index contributed by atoms with van der Waals surface area (Å²) in [5.74, 6) is -0.115. The predicted molar refractivity (Wildman–Crippen MR) is 73.9 cm³/mol. The highest BCUT2D eigenvalue weighted by molar-refractivity contribution is 7.85. The summed E-state index contributed by atoms with van der Waals surface area (Å²) in [5.41, 5.74) is 0.842. The quantitative estimate of drug-likeness (QED) is 0.637. The van der Waals surface area contributed by atoms with Crippen LogP contribution in [0.5, 0.6) is 5.75 Å². The zero-order chi connectivity index (χ0) is 14.9. The summed E-state index contributed by atoms with van der Waals surface area (Å²) in [5, 5.41) is 10.7. The molecule has 0 saturated carbocycles. The third kappa shape index (κ3) is 3.45. The van der Waals surface area contributed by atoms with Gasteiger partial charge in [-0.05, 0) is 12.1 Å². The van der Waals surface area contributed by atoms with E-state index in [-0.39, 0.29) is 6.54 Å². The molecule has 1 unspecified atom stereocenters. The van der Waals surface area contributed by atoms with Crippen molar-refractivity contribution in [2.45, 2.75) is 19.6 Å². The smallest absolute Gasteiger partial charge is 0.235 e. The number of rotatable bonds is 5. The van der Waals surface area contributed by atoms with Crippen molar-refractivity contribution in [3.63, 3.8) is 0 Å². The number of aliphatic hydroxyl groups excluding tert-OH is 1. The highest BCUT2D eigenvalue weighted by Gasteiger charge is 2.22. The molecule has 0 aliphatic rings. The molecule has 0 fully saturated rings. The molecule has 1 heterocycles. The largest absolute Gasteiger partial charge is 0.748 e. The Balaban J connectivity index is 2.35. The van der Waals surface area contributed by atoms with Crippen LogP contribution in [0.3, 0.4) is 0 Å². The van der Waals surface area contributed by atoms with Crippen molar-refractivity contribution in [1.82, 2.24) is 0 Å². The van der Waals surface area contributed by atoms with Crippen LogP contribution >= 0.6 is 11.3 Å². The first-order chi connectivity index (χ1) is 9.30. The normalized spacial score (nSPS) is 13.6. The molecule has 0 saturated heterocycles. The van der Waals surface area contributed by atoms with Crippen molar-refractivity contribution < 1.29 is 27.4 Å². The number of nitrogens with zero attached hydrogens (tertiary/aromatic N) is 1. The minimum Gasteiger partial charge on any atom is -0.748 e. The average molecular weight is 317 g/mol. The van der Waals surface area contributed by atoms with Crippen LogP contribution < -0.4 is 9.30 Å². The van der Waals surface area contributed by atoms with Crippen molar-refractivity contribution in [3.05, 3.63) is 23.2 Å². The number of methoxy groups -OCH3 is 1. The van der Waals surface area contributed by atoms with Gasteiger partial charge in [0, 0.05) is 6.92 Å². The maximum atomic E-state index is 10.7. The van der Waals surface area contributed by atoms with E-state index in [2.05, 4.69) is 0 Å². The maximum Gasteiger partial charge on any atom is 0.235 e. The van der Waals surface area contributed by atoms with Gasteiger partial charge in [-0.1, -0.05) is 11.3 Å². The lowest BCUT2D eigenvalue weighted by atomic mass is 10.3. The van der Waals surface area contributed by atoms with Gasteiger partial charge in [-0.3, -0.25) is 0 Å². The number of hydrogen-bond donors (Lipinski definition) is 1. The molecule has 0 radical (unpaired) electrons. The summed E-state index contributed by atoms with van der Waals surface area (Å²) >= 11 is 1.53. The fourth-order valence-electron chi connectivity index (χ4n) is 2.03. The van der Waals surface area contributed by atoms with Crippen molar-refractivity contribution in [2.24, 2.45) is 0 Å². The van der Waals surface area contributed by atoms with Crippen LogP contribution in [0.4, 0.5) is 0 Å². The third-order valence-electron chi connectivity index (χ3n) is 2.88. The summed E-state index contributed by atoms with van der Waals surface area (Å²) in [7, 11) is -2.88. The number of benzene rings is 1. The van der Waals surface area contributed by atoms with E-state index in [1.54, 1.807) is 11.7 Å². The molecule has 2 aromatic rings. The monoisotopic (exact) mass is 317 g/mol. The van der Waals surface area contributed by atoms with Gasteiger partial charge in [-0.15, -0.1) is 0 Å². The molecule has 110 valence electrons. The van der Waals surface area contributed by atoms with Crippen LogP contribution in [-0.2, 0) is 16.7 Å². The lowest BCUT2D eigenvalue weighted by molar-refractivity contribution is -0.679. The van der Waals surface area contributed by atoms with Crippen molar-refractivity contribution in [2.75, 3.05) is 12.9 Å². The number of aryl methyl sites for hydroxylation is 1. The molecule has 0 aliphatic carbocycles. The van der Waals surface area contributed by atoms with Crippen LogP contribution in [0.2, 0.25) is 0 Å². The summed E-state index contributed by atoms with van der Waals surface area (Å²) in [6.45, 7) is 1.93. The summed E-state index contributed by atoms with van der Waals surface area (Å²) in [6.07, 6.45) is -1.23. The highest BCUT2D eigenvalue weighted by Crippen LogP contribution is 2.24. The second-order valence-corrected chi connectivity index (χ2v) is 7.13. The molecular weight excluding hydrogens is 302 g/mol. The second-order valence-electron chi connectivity index (χ2n) is 4.44. The fraction of sp³-hybridized carbons (Fsp3) is 0.417. The van der Waals surface area contributed by atoms with Gasteiger partial charge in [0.2, 0.25) is 10.5 Å². The predicted octanol–water partition coefficient (Wildman–Crippen LogP) is 0.412. The van der Waals surface area contributed by atoms with Crippen molar-refractivity contribution >= 4 is 31.7 Å². The number of aliphatic hydroxyl groups is 1. The maximum absolute atomic E-state index is 10.7. The first-order valence-electron chi connectivity index (χ1n) is 5.89. The number of aromatic nitrogens is 1. The van der Waals surface area contributed by atoms with E-state index in [4.69, 9.17) is 4.74 Å². The van der Waals surface area contributed by atoms with Crippen molar-refractivity contribution in [3.8, 4) is 5.75 Å². The van der Waals surface area contributed by atoms with E-state index in [0.29, 0.717) is 5.75 Å². The summed E-state index contributed by atoms with van der Waals surface area (Å²) < 4.78 is 40.0. The number of thiazole rings is 1. The number of fused-ring (bicyclic) bond motifs is 1. The molecule has 0 aliphatic heterocycles. The SMILES string of the molecule is COc1ccc2sc(C)[n+](CC(O)CS(=O)(=O)[O-])c2c1. The van der Waals surface area contributed by atoms with E-state index in [0.717, 1.165) is 15.2 Å². The zero-order valence-corrected chi connectivity index (χ0v) is 12.7. The fourth-order valence-corrected chi connectivity index (χ4v) is 3.62. The highest BCUT2D eigenvalue weighted by atomic mass is 32.2. The van der Waals surface area contributed by atoms with E-state index < -0.39 is 22.0 Å². The lowest BCUT2D eigenvalue weighted by Crippen LogP contribution is -2.43. The van der Waals surface area contributed by atoms with Crippen LogP contribution in [0, 0.1) is 6.92 Å². The Labute approximate surface area is 121 Å². The first kappa shape index (κ1) is 15.2. The Morgan fingerprint density at radius 3 is 2.80 bits per heavy atom. The molecule has 1 atom stereocenters. The minimum absolute atomic E-state index is 0.0560. The Morgan fingerprint density at radius 2 is 2.20 bits per heavy atom. The molecule has 2 rings (SSSR count). The van der Waals surface area contributed by atoms with Gasteiger partial charge in [-0.2, -0.15) is 4.57 Å². The molecule has 1 N–H and O–H groups in total. The molecule has 1 aromatic heterocycles. The molecule has 0 bridgehead atoms. The third-order valence-corrected chi connectivity index (χ3v) is 4.76. The van der Waals surface area contributed by atoms with Crippen LogP contribution in [0.25, 0.3) is 10.2 Å². The van der Waals surface area contributed by atoms with Crippen molar-refractivity contribution in [1.29, 1.82) is 0 Å². The van der Waals surface area contributed by atoms with E-state index in [1.807, 2.05) is 25.1 Å². The van der Waals surface area contributed by atoms with Gasteiger partial charge in [0.15, 0.2) is 6.54 Å². The first-order valence-corrected chi connectivity index (χ1v) is 8.28. The van der Waals surface area contributed by atoms with Gasteiger partial charge in [0.1, 0.15) is 16.6 Å². The van der Waals surface area contributed by atoms with Gasteiger partial charge in [-0.25, -0.2) is 8.42 Å². The van der Waals surface area contributed by atoms with Gasteiger partial charge >= 0.3 is 0 Å².